The molecule has 0 aliphatic carbocycles. The van der Waals surface area contributed by atoms with Gasteiger partial charge in [-0.25, -0.2) is 0 Å². The number of hydrogen-bond donors (Lipinski definition) is 3. The fourth-order valence-electron chi connectivity index (χ4n) is 1.57. The molecule has 0 bridgehead atoms. The van der Waals surface area contributed by atoms with Gasteiger partial charge in [0, 0.05) is 32.2 Å². The van der Waals surface area contributed by atoms with E-state index < -0.39 is 0 Å². The fraction of sp³-hybridized carbons (Fsp3) is 0.429. The Labute approximate surface area is 118 Å². The van der Waals surface area contributed by atoms with E-state index in [0.29, 0.717) is 24.3 Å². The van der Waals surface area contributed by atoms with Crippen molar-refractivity contribution in [3.05, 3.63) is 29.3 Å². The van der Waals surface area contributed by atoms with Crippen LogP contribution in [0.25, 0.3) is 0 Å². The monoisotopic (exact) mass is 280 g/mol. The van der Waals surface area contributed by atoms with E-state index in [1.807, 2.05) is 0 Å². The molecule has 6 heteroatoms. The Hall–Kier alpha value is -2.08. The molecule has 1 rings (SSSR count). The summed E-state index contributed by atoms with van der Waals surface area (Å²) in [6.07, 6.45) is 0.215. The lowest BCUT2D eigenvalue weighted by molar-refractivity contribution is -0.121. The number of aryl methyl sites for hydroxylation is 1. The van der Waals surface area contributed by atoms with Crippen molar-refractivity contribution < 1.29 is 19.4 Å². The second-order valence-corrected chi connectivity index (χ2v) is 4.35. The second-order valence-electron chi connectivity index (χ2n) is 4.35. The number of phenols is 1. The van der Waals surface area contributed by atoms with Crippen molar-refractivity contribution in [2.75, 3.05) is 26.8 Å². The molecule has 0 aromatic heterocycles. The molecule has 0 heterocycles. The maximum Gasteiger partial charge on any atom is 0.251 e. The summed E-state index contributed by atoms with van der Waals surface area (Å²) in [7, 11) is 1.56. The lowest BCUT2D eigenvalue weighted by Gasteiger charge is -2.07. The van der Waals surface area contributed by atoms with E-state index in [1.54, 1.807) is 20.1 Å². The maximum atomic E-state index is 11.8. The highest BCUT2D eigenvalue weighted by Crippen LogP contribution is 2.16. The minimum absolute atomic E-state index is 0.135. The lowest BCUT2D eigenvalue weighted by Crippen LogP contribution is -2.32. The zero-order valence-corrected chi connectivity index (χ0v) is 11.7. The van der Waals surface area contributed by atoms with Crippen LogP contribution in [0.4, 0.5) is 0 Å². The van der Waals surface area contributed by atoms with Crippen LogP contribution < -0.4 is 10.6 Å². The minimum Gasteiger partial charge on any atom is -0.508 e. The molecule has 0 radical (unpaired) electrons. The van der Waals surface area contributed by atoms with E-state index in [1.165, 1.54) is 12.1 Å². The van der Waals surface area contributed by atoms with Crippen molar-refractivity contribution in [3.8, 4) is 5.75 Å². The third-order valence-corrected chi connectivity index (χ3v) is 2.72. The Morgan fingerprint density at radius 1 is 1.25 bits per heavy atom. The van der Waals surface area contributed by atoms with Crippen LogP contribution in [0.15, 0.2) is 18.2 Å². The Kier molecular flexibility index (Phi) is 6.52. The van der Waals surface area contributed by atoms with Gasteiger partial charge in [0.15, 0.2) is 0 Å². The van der Waals surface area contributed by atoms with Gasteiger partial charge in [-0.2, -0.15) is 0 Å². The predicted molar refractivity (Wildman–Crippen MR) is 74.7 cm³/mol. The highest BCUT2D eigenvalue weighted by atomic mass is 16.5. The van der Waals surface area contributed by atoms with Gasteiger partial charge in [-0.3, -0.25) is 9.59 Å². The molecule has 0 atom stereocenters. The molecule has 0 unspecified atom stereocenters. The molecule has 0 saturated carbocycles. The smallest absolute Gasteiger partial charge is 0.251 e. The SMILES string of the molecule is COCCNC(=O)CCNC(=O)c1ccc(O)c(C)c1. The normalized spacial score (nSPS) is 10.1. The molecule has 0 aliphatic heterocycles. The molecule has 6 nitrogen and oxygen atoms in total. The van der Waals surface area contributed by atoms with Crippen molar-refractivity contribution in [1.29, 1.82) is 0 Å². The van der Waals surface area contributed by atoms with E-state index >= 15 is 0 Å². The number of aromatic hydroxyl groups is 1. The summed E-state index contributed by atoms with van der Waals surface area (Å²) in [6.45, 7) is 2.90. The van der Waals surface area contributed by atoms with Gasteiger partial charge in [0.1, 0.15) is 5.75 Å². The molecule has 0 aliphatic rings. The molecule has 110 valence electrons. The average Bonchev–Trinajstić information content (AvgIpc) is 2.42. The Morgan fingerprint density at radius 2 is 2.00 bits per heavy atom. The minimum atomic E-state index is -0.266. The average molecular weight is 280 g/mol. The van der Waals surface area contributed by atoms with Gasteiger partial charge in [-0.1, -0.05) is 0 Å². The van der Waals surface area contributed by atoms with Crippen LogP contribution in [0.5, 0.6) is 5.75 Å². The van der Waals surface area contributed by atoms with Crippen molar-refractivity contribution >= 4 is 11.8 Å². The van der Waals surface area contributed by atoms with Gasteiger partial charge in [-0.05, 0) is 30.7 Å². The number of phenolic OH excluding ortho intramolecular Hbond substituents is 1. The summed E-state index contributed by atoms with van der Waals surface area (Å²) >= 11 is 0. The maximum absolute atomic E-state index is 11.8. The Balaban J connectivity index is 2.32. The number of benzene rings is 1. The first-order chi connectivity index (χ1) is 9.54. The molecule has 0 spiro atoms. The molecule has 2 amide bonds. The zero-order valence-electron chi connectivity index (χ0n) is 11.7. The first-order valence-corrected chi connectivity index (χ1v) is 6.38. The quantitative estimate of drug-likeness (QED) is 0.638. The van der Waals surface area contributed by atoms with Crippen molar-refractivity contribution in [1.82, 2.24) is 10.6 Å². The van der Waals surface area contributed by atoms with Crippen LogP contribution in [0.2, 0.25) is 0 Å². The van der Waals surface area contributed by atoms with Crippen molar-refractivity contribution in [2.45, 2.75) is 13.3 Å². The summed E-state index contributed by atoms with van der Waals surface area (Å²) < 4.78 is 4.81. The zero-order chi connectivity index (χ0) is 15.0. The Bertz CT molecular complexity index is 474. The van der Waals surface area contributed by atoms with Crippen LogP contribution in [0, 0.1) is 6.92 Å². The number of methoxy groups -OCH3 is 1. The van der Waals surface area contributed by atoms with Crippen LogP contribution in [-0.2, 0) is 9.53 Å². The van der Waals surface area contributed by atoms with Gasteiger partial charge in [0.25, 0.3) is 5.91 Å². The molecule has 0 fully saturated rings. The highest BCUT2D eigenvalue weighted by Gasteiger charge is 2.08. The predicted octanol–water partition coefficient (Wildman–Crippen LogP) is 0.583. The van der Waals surface area contributed by atoms with Gasteiger partial charge in [0.2, 0.25) is 5.91 Å². The number of ether oxygens (including phenoxy) is 1. The van der Waals surface area contributed by atoms with E-state index in [9.17, 15) is 14.7 Å². The number of carbonyl (C=O) groups is 2. The molecular formula is C14H20N2O4. The summed E-state index contributed by atoms with van der Waals surface area (Å²) in [6, 6.07) is 4.61. The fourth-order valence-corrected chi connectivity index (χ4v) is 1.57. The third kappa shape index (κ3) is 5.27. The van der Waals surface area contributed by atoms with Crippen LogP contribution >= 0.6 is 0 Å². The van der Waals surface area contributed by atoms with Crippen molar-refractivity contribution in [2.24, 2.45) is 0 Å². The second kappa shape index (κ2) is 8.16. The van der Waals surface area contributed by atoms with E-state index in [-0.39, 0.29) is 30.5 Å². The van der Waals surface area contributed by atoms with E-state index in [2.05, 4.69) is 10.6 Å². The topological polar surface area (TPSA) is 87.7 Å². The number of hydrogen-bond acceptors (Lipinski definition) is 4. The van der Waals surface area contributed by atoms with Gasteiger partial charge >= 0.3 is 0 Å². The van der Waals surface area contributed by atoms with Crippen LogP contribution in [0.3, 0.4) is 0 Å². The van der Waals surface area contributed by atoms with Crippen LogP contribution in [-0.4, -0.2) is 43.7 Å². The summed E-state index contributed by atoms with van der Waals surface area (Å²) in [4.78, 5) is 23.2. The largest absolute Gasteiger partial charge is 0.508 e. The van der Waals surface area contributed by atoms with Gasteiger partial charge in [0.05, 0.1) is 6.61 Å². The first-order valence-electron chi connectivity index (χ1n) is 6.38. The molecule has 20 heavy (non-hydrogen) atoms. The molecular weight excluding hydrogens is 260 g/mol. The number of nitrogens with one attached hydrogen (secondary N) is 2. The number of rotatable bonds is 7. The van der Waals surface area contributed by atoms with Crippen LogP contribution in [0.1, 0.15) is 22.3 Å². The molecule has 1 aromatic rings. The molecule has 1 aromatic carbocycles. The highest BCUT2D eigenvalue weighted by molar-refractivity contribution is 5.94. The summed E-state index contributed by atoms with van der Waals surface area (Å²) in [5.41, 5.74) is 1.09. The summed E-state index contributed by atoms with van der Waals surface area (Å²) in [5, 5.41) is 14.7. The standard InChI is InChI=1S/C14H20N2O4/c1-10-9-11(3-4-12(10)17)14(19)16-6-5-13(18)15-7-8-20-2/h3-4,9,17H,5-8H2,1-2H3,(H,15,18)(H,16,19). The number of amides is 2. The first kappa shape index (κ1) is 16.0. The lowest BCUT2D eigenvalue weighted by atomic mass is 10.1. The summed E-state index contributed by atoms with van der Waals surface area (Å²) in [5.74, 6) is -0.249. The number of carbonyl (C=O) groups excluding carboxylic acids is 2. The van der Waals surface area contributed by atoms with Crippen molar-refractivity contribution in [3.63, 3.8) is 0 Å². The van der Waals surface area contributed by atoms with E-state index in [4.69, 9.17) is 4.74 Å². The van der Waals surface area contributed by atoms with Gasteiger partial charge < -0.3 is 20.5 Å². The molecule has 0 saturated heterocycles. The third-order valence-electron chi connectivity index (χ3n) is 2.72. The van der Waals surface area contributed by atoms with E-state index in [0.717, 1.165) is 0 Å². The Morgan fingerprint density at radius 3 is 2.65 bits per heavy atom. The van der Waals surface area contributed by atoms with Gasteiger partial charge in [-0.15, -0.1) is 0 Å². The molecule has 3 N–H and O–H groups in total.